The van der Waals surface area contributed by atoms with Gasteiger partial charge in [-0.2, -0.15) is 0 Å². The van der Waals surface area contributed by atoms with Crippen LogP contribution in [0.1, 0.15) is 36.2 Å². The van der Waals surface area contributed by atoms with E-state index in [9.17, 15) is 4.79 Å². The summed E-state index contributed by atoms with van der Waals surface area (Å²) in [5, 5.41) is 12.2. The zero-order valence-corrected chi connectivity index (χ0v) is 12.7. The normalized spacial score (nSPS) is 15.7. The highest BCUT2D eigenvalue weighted by atomic mass is 32.2. The Morgan fingerprint density at radius 2 is 2.10 bits per heavy atom. The molecule has 0 bridgehead atoms. The molecule has 0 spiro atoms. The number of hydrogen-bond acceptors (Lipinski definition) is 6. The molecule has 1 atom stereocenters. The van der Waals surface area contributed by atoms with Gasteiger partial charge in [-0.05, 0) is 54.5 Å². The van der Waals surface area contributed by atoms with E-state index in [2.05, 4.69) is 15.5 Å². The second-order valence-corrected chi connectivity index (χ2v) is 6.30. The van der Waals surface area contributed by atoms with Crippen LogP contribution in [-0.4, -0.2) is 38.4 Å². The standard InChI is InChI=1S/C14H16N4O2S/c1-9(13(19)10-3-7-12(20-2)8-4-10)21-14-15-16-17-18(14)11-5-6-11/h3-4,7-9,11H,5-6H2,1-2H3. The summed E-state index contributed by atoms with van der Waals surface area (Å²) in [6.07, 6.45) is 2.22. The molecule has 1 aliphatic carbocycles. The van der Waals surface area contributed by atoms with Crippen LogP contribution >= 0.6 is 11.8 Å². The van der Waals surface area contributed by atoms with Crippen molar-refractivity contribution in [2.75, 3.05) is 7.11 Å². The molecule has 1 aliphatic rings. The van der Waals surface area contributed by atoms with Gasteiger partial charge in [0.15, 0.2) is 5.78 Å². The lowest BCUT2D eigenvalue weighted by molar-refractivity contribution is 0.0994. The van der Waals surface area contributed by atoms with Gasteiger partial charge >= 0.3 is 0 Å². The fraction of sp³-hybridized carbons (Fsp3) is 0.429. The zero-order valence-electron chi connectivity index (χ0n) is 11.9. The first-order chi connectivity index (χ1) is 10.2. The summed E-state index contributed by atoms with van der Waals surface area (Å²) in [5.41, 5.74) is 0.668. The van der Waals surface area contributed by atoms with Gasteiger partial charge in [0.2, 0.25) is 5.16 Å². The first-order valence-electron chi connectivity index (χ1n) is 6.82. The molecule has 1 heterocycles. The van der Waals surface area contributed by atoms with Gasteiger partial charge in [0.25, 0.3) is 0 Å². The number of carbonyl (C=O) groups is 1. The first kappa shape index (κ1) is 14.1. The van der Waals surface area contributed by atoms with E-state index in [1.165, 1.54) is 11.8 Å². The quantitative estimate of drug-likeness (QED) is 0.603. The molecule has 0 amide bonds. The molecule has 0 N–H and O–H groups in total. The van der Waals surface area contributed by atoms with Crippen LogP contribution in [0, 0.1) is 0 Å². The van der Waals surface area contributed by atoms with Crippen molar-refractivity contribution < 1.29 is 9.53 Å². The van der Waals surface area contributed by atoms with E-state index in [4.69, 9.17) is 4.74 Å². The molecule has 21 heavy (non-hydrogen) atoms. The van der Waals surface area contributed by atoms with Crippen LogP contribution in [0.4, 0.5) is 0 Å². The fourth-order valence-corrected chi connectivity index (χ4v) is 2.95. The van der Waals surface area contributed by atoms with Gasteiger partial charge in [0.05, 0.1) is 18.4 Å². The number of rotatable bonds is 6. The summed E-state index contributed by atoms with van der Waals surface area (Å²) in [4.78, 5) is 12.4. The number of ether oxygens (including phenoxy) is 1. The maximum Gasteiger partial charge on any atom is 0.210 e. The van der Waals surface area contributed by atoms with Crippen molar-refractivity contribution in [1.29, 1.82) is 0 Å². The maximum atomic E-state index is 12.4. The minimum atomic E-state index is -0.234. The maximum absolute atomic E-state index is 12.4. The third-order valence-corrected chi connectivity index (χ3v) is 4.43. The molecule has 1 aromatic carbocycles. The van der Waals surface area contributed by atoms with Crippen molar-refractivity contribution >= 4 is 17.5 Å². The summed E-state index contributed by atoms with van der Waals surface area (Å²) >= 11 is 1.40. The molecule has 1 fully saturated rings. The zero-order chi connectivity index (χ0) is 14.8. The van der Waals surface area contributed by atoms with Crippen LogP contribution < -0.4 is 4.74 Å². The van der Waals surface area contributed by atoms with Crippen molar-refractivity contribution in [3.63, 3.8) is 0 Å². The fourth-order valence-electron chi connectivity index (χ4n) is 2.01. The molecule has 0 aliphatic heterocycles. The van der Waals surface area contributed by atoms with Gasteiger partial charge in [-0.3, -0.25) is 4.79 Å². The van der Waals surface area contributed by atoms with Crippen molar-refractivity contribution in [3.8, 4) is 5.75 Å². The van der Waals surface area contributed by atoms with Gasteiger partial charge in [-0.25, -0.2) is 4.68 Å². The Morgan fingerprint density at radius 1 is 1.38 bits per heavy atom. The van der Waals surface area contributed by atoms with Gasteiger partial charge < -0.3 is 4.74 Å². The molecule has 110 valence electrons. The highest BCUT2D eigenvalue weighted by molar-refractivity contribution is 8.00. The average molecular weight is 304 g/mol. The summed E-state index contributed by atoms with van der Waals surface area (Å²) in [5.74, 6) is 0.803. The Bertz CT molecular complexity index is 637. The molecule has 0 radical (unpaired) electrons. The topological polar surface area (TPSA) is 69.9 Å². The number of benzene rings is 1. The molecule has 1 unspecified atom stereocenters. The second-order valence-electron chi connectivity index (χ2n) is 4.99. The van der Waals surface area contributed by atoms with Crippen LogP contribution in [0.15, 0.2) is 29.4 Å². The molecular weight excluding hydrogens is 288 g/mol. The number of ketones is 1. The molecule has 3 rings (SSSR count). The van der Waals surface area contributed by atoms with E-state index < -0.39 is 0 Å². The Labute approximate surface area is 126 Å². The number of Topliss-reactive ketones (excluding diaryl/α,β-unsaturated/α-hetero) is 1. The average Bonchev–Trinajstić information content (AvgIpc) is 3.26. The van der Waals surface area contributed by atoms with E-state index in [0.717, 1.165) is 18.6 Å². The lowest BCUT2D eigenvalue weighted by Crippen LogP contribution is -2.14. The first-order valence-corrected chi connectivity index (χ1v) is 7.70. The Morgan fingerprint density at radius 3 is 2.71 bits per heavy atom. The van der Waals surface area contributed by atoms with Gasteiger partial charge in [0, 0.05) is 5.56 Å². The van der Waals surface area contributed by atoms with Crippen molar-refractivity contribution in [2.24, 2.45) is 0 Å². The predicted molar refractivity (Wildman–Crippen MR) is 78.7 cm³/mol. The second kappa shape index (κ2) is 5.85. The molecule has 2 aromatic rings. The number of tetrazole rings is 1. The molecule has 6 nitrogen and oxygen atoms in total. The molecular formula is C14H16N4O2S. The van der Waals surface area contributed by atoms with Gasteiger partial charge in [-0.15, -0.1) is 5.10 Å². The van der Waals surface area contributed by atoms with Crippen molar-refractivity contribution in [3.05, 3.63) is 29.8 Å². The van der Waals surface area contributed by atoms with E-state index in [1.807, 2.05) is 11.6 Å². The number of aromatic nitrogens is 4. The lowest BCUT2D eigenvalue weighted by atomic mass is 10.1. The summed E-state index contributed by atoms with van der Waals surface area (Å²) in [6, 6.07) is 7.55. The number of methoxy groups -OCH3 is 1. The monoisotopic (exact) mass is 304 g/mol. The van der Waals surface area contributed by atoms with Crippen LogP contribution in [0.25, 0.3) is 0 Å². The molecule has 0 saturated heterocycles. The smallest absolute Gasteiger partial charge is 0.210 e. The van der Waals surface area contributed by atoms with Crippen molar-refractivity contribution in [2.45, 2.75) is 36.2 Å². The Kier molecular flexibility index (Phi) is 3.92. The Balaban J connectivity index is 1.70. The third kappa shape index (κ3) is 3.07. The number of carbonyl (C=O) groups excluding carboxylic acids is 1. The van der Waals surface area contributed by atoms with Crippen LogP contribution in [0.5, 0.6) is 5.75 Å². The number of hydrogen-bond donors (Lipinski definition) is 0. The summed E-state index contributed by atoms with van der Waals surface area (Å²) in [7, 11) is 1.60. The Hall–Kier alpha value is -1.89. The molecule has 1 aromatic heterocycles. The summed E-state index contributed by atoms with van der Waals surface area (Å²) < 4.78 is 6.92. The predicted octanol–water partition coefficient (Wildman–Crippen LogP) is 2.38. The third-order valence-electron chi connectivity index (χ3n) is 3.38. The van der Waals surface area contributed by atoms with Crippen LogP contribution in [0.3, 0.4) is 0 Å². The lowest BCUT2D eigenvalue weighted by Gasteiger charge is -2.10. The van der Waals surface area contributed by atoms with Gasteiger partial charge in [0.1, 0.15) is 5.75 Å². The minimum Gasteiger partial charge on any atom is -0.497 e. The highest BCUT2D eigenvalue weighted by Gasteiger charge is 2.29. The minimum absolute atomic E-state index is 0.0630. The van der Waals surface area contributed by atoms with E-state index >= 15 is 0 Å². The molecule has 7 heteroatoms. The largest absolute Gasteiger partial charge is 0.497 e. The number of nitrogens with zero attached hydrogens (tertiary/aromatic N) is 4. The highest BCUT2D eigenvalue weighted by Crippen LogP contribution is 2.37. The van der Waals surface area contributed by atoms with E-state index in [1.54, 1.807) is 31.4 Å². The van der Waals surface area contributed by atoms with E-state index in [-0.39, 0.29) is 11.0 Å². The van der Waals surface area contributed by atoms with Crippen molar-refractivity contribution in [1.82, 2.24) is 20.2 Å². The SMILES string of the molecule is COc1ccc(C(=O)C(C)Sc2nnnn2C2CC2)cc1. The molecule has 1 saturated carbocycles. The number of thioether (sulfide) groups is 1. The van der Waals surface area contributed by atoms with Gasteiger partial charge in [-0.1, -0.05) is 11.8 Å². The van der Waals surface area contributed by atoms with Crippen LogP contribution in [-0.2, 0) is 0 Å². The summed E-state index contributed by atoms with van der Waals surface area (Å²) in [6.45, 7) is 1.88. The van der Waals surface area contributed by atoms with E-state index in [0.29, 0.717) is 16.8 Å². The van der Waals surface area contributed by atoms with Crippen LogP contribution in [0.2, 0.25) is 0 Å².